The van der Waals surface area contributed by atoms with Crippen LogP contribution < -0.4 is 4.90 Å². The molecule has 3 heterocycles. The Bertz CT molecular complexity index is 3090. The molecule has 8 aromatic carbocycles. The SMILES string of the molecule is c1ccc(N(c2ccccc2)c2ccc3oc4cc(-c5cccc6oc7ccc(-c8cccc9c8oc8ccccc89)cc7c56)ccc4c3c2)cc1. The zero-order valence-corrected chi connectivity index (χ0v) is 27.9. The molecule has 0 spiro atoms. The third-order valence-electron chi connectivity index (χ3n) is 10.3. The highest BCUT2D eigenvalue weighted by molar-refractivity contribution is 6.16. The molecule has 0 unspecified atom stereocenters. The Hall–Kier alpha value is -7.04. The number of fused-ring (bicyclic) bond motifs is 9. The van der Waals surface area contributed by atoms with E-state index in [0.29, 0.717) is 0 Å². The first-order valence-corrected chi connectivity index (χ1v) is 17.5. The Labute approximate surface area is 298 Å². The summed E-state index contributed by atoms with van der Waals surface area (Å²) < 4.78 is 19.4. The van der Waals surface area contributed by atoms with Gasteiger partial charge < -0.3 is 18.2 Å². The van der Waals surface area contributed by atoms with E-state index in [2.05, 4.69) is 150 Å². The van der Waals surface area contributed by atoms with E-state index in [1.807, 2.05) is 30.3 Å². The van der Waals surface area contributed by atoms with Crippen LogP contribution in [0.3, 0.4) is 0 Å². The van der Waals surface area contributed by atoms with Crippen LogP contribution >= 0.6 is 0 Å². The van der Waals surface area contributed by atoms with Crippen molar-refractivity contribution in [2.75, 3.05) is 4.90 Å². The Kier molecular flexibility index (Phi) is 6.22. The minimum absolute atomic E-state index is 0.845. The van der Waals surface area contributed by atoms with Crippen molar-refractivity contribution in [3.05, 3.63) is 176 Å². The predicted octanol–water partition coefficient (Wildman–Crippen LogP) is 14.2. The number of para-hydroxylation sites is 4. The topological polar surface area (TPSA) is 42.7 Å². The minimum atomic E-state index is 0.845. The summed E-state index contributed by atoms with van der Waals surface area (Å²) in [4.78, 5) is 2.28. The van der Waals surface area contributed by atoms with Gasteiger partial charge in [-0.15, -0.1) is 0 Å². The van der Waals surface area contributed by atoms with Crippen LogP contribution in [0.25, 0.3) is 88.1 Å². The molecular formula is C48H29NO3. The van der Waals surface area contributed by atoms with Crippen LogP contribution in [0.4, 0.5) is 17.1 Å². The smallest absolute Gasteiger partial charge is 0.143 e. The monoisotopic (exact) mass is 667 g/mol. The maximum Gasteiger partial charge on any atom is 0.143 e. The lowest BCUT2D eigenvalue weighted by atomic mass is 9.96. The number of nitrogens with zero attached hydrogens (tertiary/aromatic N) is 1. The fourth-order valence-electron chi connectivity index (χ4n) is 7.88. The van der Waals surface area contributed by atoms with E-state index in [4.69, 9.17) is 13.3 Å². The molecule has 0 N–H and O–H groups in total. The normalized spacial score (nSPS) is 11.8. The van der Waals surface area contributed by atoms with E-state index in [0.717, 1.165) is 105 Å². The molecule has 0 aliphatic rings. The van der Waals surface area contributed by atoms with Crippen molar-refractivity contribution in [1.82, 2.24) is 0 Å². The molecule has 0 amide bonds. The maximum absolute atomic E-state index is 6.53. The highest BCUT2D eigenvalue weighted by Gasteiger charge is 2.19. The standard InChI is InChI=1S/C48H29NO3/c1-3-11-32(12-4-1)49(33-13-5-2-6-14-33)34-23-26-43-40(29-34)38-24-21-31(28-46(38)51-43)35-16-10-20-45-47(35)41-27-30(22-25-44(41)50-45)36-17-9-18-39-37-15-7-8-19-42(37)52-48(36)39/h1-29H. The number of furan rings is 3. The summed E-state index contributed by atoms with van der Waals surface area (Å²) in [6.45, 7) is 0. The van der Waals surface area contributed by atoms with Crippen LogP contribution in [0.1, 0.15) is 0 Å². The van der Waals surface area contributed by atoms with Gasteiger partial charge in [0.15, 0.2) is 0 Å². The second kappa shape index (κ2) is 11.2. The molecule has 0 atom stereocenters. The fraction of sp³-hybridized carbons (Fsp3) is 0. The summed E-state index contributed by atoms with van der Waals surface area (Å²) in [6, 6.07) is 61.2. The molecule has 0 fully saturated rings. The quantitative estimate of drug-likeness (QED) is 0.183. The molecule has 4 nitrogen and oxygen atoms in total. The largest absolute Gasteiger partial charge is 0.456 e. The molecule has 0 saturated carbocycles. The highest BCUT2D eigenvalue weighted by Crippen LogP contribution is 2.43. The van der Waals surface area contributed by atoms with Gasteiger partial charge in [0.2, 0.25) is 0 Å². The fourth-order valence-corrected chi connectivity index (χ4v) is 7.88. The number of anilines is 3. The van der Waals surface area contributed by atoms with Gasteiger partial charge in [0.05, 0.1) is 0 Å². The summed E-state index contributed by atoms with van der Waals surface area (Å²) in [5.41, 5.74) is 12.8. The van der Waals surface area contributed by atoms with Crippen LogP contribution in [0.2, 0.25) is 0 Å². The highest BCUT2D eigenvalue weighted by atomic mass is 16.3. The number of benzene rings is 8. The first-order valence-electron chi connectivity index (χ1n) is 17.5. The Morgan fingerprint density at radius 3 is 1.75 bits per heavy atom. The second-order valence-electron chi connectivity index (χ2n) is 13.3. The Morgan fingerprint density at radius 2 is 0.904 bits per heavy atom. The molecule has 4 heteroatoms. The lowest BCUT2D eigenvalue weighted by Crippen LogP contribution is -2.09. The second-order valence-corrected chi connectivity index (χ2v) is 13.3. The van der Waals surface area contributed by atoms with Crippen LogP contribution in [-0.4, -0.2) is 0 Å². The van der Waals surface area contributed by atoms with E-state index >= 15 is 0 Å². The van der Waals surface area contributed by atoms with Crippen molar-refractivity contribution in [3.8, 4) is 22.3 Å². The van der Waals surface area contributed by atoms with Gasteiger partial charge >= 0.3 is 0 Å². The van der Waals surface area contributed by atoms with Gasteiger partial charge in [-0.3, -0.25) is 0 Å². The zero-order chi connectivity index (χ0) is 34.2. The molecule has 244 valence electrons. The average molecular weight is 668 g/mol. The van der Waals surface area contributed by atoms with Crippen LogP contribution in [-0.2, 0) is 0 Å². The van der Waals surface area contributed by atoms with E-state index in [9.17, 15) is 0 Å². The van der Waals surface area contributed by atoms with Crippen molar-refractivity contribution >= 4 is 82.9 Å². The van der Waals surface area contributed by atoms with Gasteiger partial charge in [-0.25, -0.2) is 0 Å². The van der Waals surface area contributed by atoms with Gasteiger partial charge in [-0.2, -0.15) is 0 Å². The Morgan fingerprint density at radius 1 is 0.308 bits per heavy atom. The molecule has 0 aliphatic heterocycles. The van der Waals surface area contributed by atoms with Crippen molar-refractivity contribution < 1.29 is 13.3 Å². The molecule has 11 aromatic rings. The molecule has 3 aromatic heterocycles. The van der Waals surface area contributed by atoms with Crippen LogP contribution in [0, 0.1) is 0 Å². The zero-order valence-electron chi connectivity index (χ0n) is 27.9. The molecule has 0 aliphatic carbocycles. The van der Waals surface area contributed by atoms with Gasteiger partial charge in [0.1, 0.15) is 33.5 Å². The van der Waals surface area contributed by atoms with Crippen molar-refractivity contribution in [3.63, 3.8) is 0 Å². The molecule has 0 saturated heterocycles. The average Bonchev–Trinajstić information content (AvgIpc) is 3.89. The van der Waals surface area contributed by atoms with Crippen molar-refractivity contribution in [2.45, 2.75) is 0 Å². The Balaban J connectivity index is 1.04. The van der Waals surface area contributed by atoms with Gasteiger partial charge in [0, 0.05) is 54.9 Å². The summed E-state index contributed by atoms with van der Waals surface area (Å²) in [5, 5.41) is 6.53. The van der Waals surface area contributed by atoms with Crippen molar-refractivity contribution in [2.24, 2.45) is 0 Å². The van der Waals surface area contributed by atoms with E-state index in [-0.39, 0.29) is 0 Å². The third-order valence-corrected chi connectivity index (χ3v) is 10.3. The third kappa shape index (κ3) is 4.41. The molecule has 0 radical (unpaired) electrons. The molecular weight excluding hydrogens is 639 g/mol. The summed E-state index contributed by atoms with van der Waals surface area (Å²) >= 11 is 0. The lowest BCUT2D eigenvalue weighted by molar-refractivity contribution is 0.668. The first-order chi connectivity index (χ1) is 25.8. The van der Waals surface area contributed by atoms with E-state index in [1.165, 1.54) is 0 Å². The molecule has 11 rings (SSSR count). The lowest BCUT2D eigenvalue weighted by Gasteiger charge is -2.25. The summed E-state index contributed by atoms with van der Waals surface area (Å²) in [6.07, 6.45) is 0. The summed E-state index contributed by atoms with van der Waals surface area (Å²) in [7, 11) is 0. The molecule has 0 bridgehead atoms. The van der Waals surface area contributed by atoms with E-state index in [1.54, 1.807) is 0 Å². The number of hydrogen-bond donors (Lipinski definition) is 0. The first kappa shape index (κ1) is 28.8. The van der Waals surface area contributed by atoms with Crippen LogP contribution in [0.15, 0.2) is 189 Å². The summed E-state index contributed by atoms with van der Waals surface area (Å²) in [5.74, 6) is 0. The molecule has 52 heavy (non-hydrogen) atoms. The predicted molar refractivity (Wildman–Crippen MR) is 214 cm³/mol. The van der Waals surface area contributed by atoms with Gasteiger partial charge in [0.25, 0.3) is 0 Å². The maximum atomic E-state index is 6.53. The van der Waals surface area contributed by atoms with E-state index < -0.39 is 0 Å². The number of rotatable bonds is 5. The van der Waals surface area contributed by atoms with Crippen LogP contribution in [0.5, 0.6) is 0 Å². The number of hydrogen-bond acceptors (Lipinski definition) is 4. The van der Waals surface area contributed by atoms with Gasteiger partial charge in [-0.05, 0) is 95.6 Å². The van der Waals surface area contributed by atoms with Crippen molar-refractivity contribution in [1.29, 1.82) is 0 Å². The minimum Gasteiger partial charge on any atom is -0.456 e. The van der Waals surface area contributed by atoms with Gasteiger partial charge in [-0.1, -0.05) is 97.1 Å².